The minimum absolute atomic E-state index is 1.17. The molecule has 8 heteroatoms. The molecule has 4 unspecified atom stereocenters. The van der Waals surface area contributed by atoms with Gasteiger partial charge < -0.3 is 9.80 Å². The van der Waals surface area contributed by atoms with Crippen LogP contribution in [-0.2, 0) is 0 Å². The molecule has 2 aliphatic rings. The Morgan fingerprint density at radius 3 is 1.23 bits per heavy atom. The van der Waals surface area contributed by atoms with E-state index in [1.54, 1.807) is 23.5 Å². The van der Waals surface area contributed by atoms with E-state index in [1.807, 2.05) is 0 Å². The maximum absolute atomic E-state index is 2.89. The molecule has 0 amide bonds. The predicted octanol–water partition coefficient (Wildman–Crippen LogP) is 6.37. The standard InChI is InChI=1S/C18H18N2P4S2/c21-13-17(23)25-15(19(13)11-7-3-1-4-8-11)16-20(14(22)18(24)26-16)12-9-5-2-6-10-12/h1-10H,21-24H2/b16-15+. The zero-order chi connectivity index (χ0) is 18.3. The summed E-state index contributed by atoms with van der Waals surface area (Å²) in [6, 6.07) is 21.0. The Bertz CT molecular complexity index is 865. The summed E-state index contributed by atoms with van der Waals surface area (Å²) in [4.78, 5) is 4.63. The SMILES string of the molecule is PC1=C(P)N(c2ccccc2)/C(=C2\SC(P)=C(P)N2c2ccccc2)S1. The third-order valence-electron chi connectivity index (χ3n) is 4.02. The van der Waals surface area contributed by atoms with Crippen LogP contribution in [0.1, 0.15) is 0 Å². The summed E-state index contributed by atoms with van der Waals surface area (Å²) in [7, 11) is 11.5. The molecule has 2 aromatic carbocycles. The van der Waals surface area contributed by atoms with Crippen molar-refractivity contribution >= 4 is 71.9 Å². The van der Waals surface area contributed by atoms with Crippen LogP contribution in [0.2, 0.25) is 0 Å². The van der Waals surface area contributed by atoms with E-state index in [0.29, 0.717) is 0 Å². The smallest absolute Gasteiger partial charge is 0.116 e. The van der Waals surface area contributed by atoms with Crippen molar-refractivity contribution in [3.05, 3.63) is 90.9 Å². The molecule has 0 fully saturated rings. The molecule has 26 heavy (non-hydrogen) atoms. The van der Waals surface area contributed by atoms with E-state index in [1.165, 1.54) is 41.6 Å². The van der Waals surface area contributed by atoms with Gasteiger partial charge in [-0.2, -0.15) is 0 Å². The monoisotopic (exact) mass is 450 g/mol. The number of benzene rings is 2. The van der Waals surface area contributed by atoms with Crippen molar-refractivity contribution in [2.75, 3.05) is 9.80 Å². The summed E-state index contributed by atoms with van der Waals surface area (Å²) >= 11 is 3.59. The van der Waals surface area contributed by atoms with Crippen LogP contribution in [0.4, 0.5) is 11.4 Å². The average molecular weight is 450 g/mol. The van der Waals surface area contributed by atoms with E-state index in [0.717, 1.165) is 0 Å². The molecule has 0 N–H and O–H groups in total. The molecule has 2 aromatic rings. The second kappa shape index (κ2) is 7.97. The second-order valence-electron chi connectivity index (χ2n) is 5.66. The number of rotatable bonds is 2. The van der Waals surface area contributed by atoms with Gasteiger partial charge in [0, 0.05) is 20.7 Å². The fraction of sp³-hybridized carbons (Fsp3) is 0. The zero-order valence-corrected chi connectivity index (χ0v) is 20.0. The van der Waals surface area contributed by atoms with Crippen LogP contribution >= 0.6 is 60.5 Å². The van der Waals surface area contributed by atoms with E-state index in [4.69, 9.17) is 0 Å². The number of hydrogen-bond acceptors (Lipinski definition) is 4. The van der Waals surface area contributed by atoms with Gasteiger partial charge in [0.05, 0.1) is 10.9 Å². The van der Waals surface area contributed by atoms with Crippen LogP contribution in [0.25, 0.3) is 0 Å². The lowest BCUT2D eigenvalue weighted by Gasteiger charge is -2.27. The molecule has 2 nitrogen and oxygen atoms in total. The number of hydrogen-bond donors (Lipinski definition) is 0. The van der Waals surface area contributed by atoms with E-state index >= 15 is 0 Å². The Labute approximate surface area is 172 Å². The fourth-order valence-corrected chi connectivity index (χ4v) is 6.82. The lowest BCUT2D eigenvalue weighted by Crippen LogP contribution is -2.21. The molecular formula is C18H18N2P4S2. The van der Waals surface area contributed by atoms with Crippen LogP contribution < -0.4 is 9.80 Å². The van der Waals surface area contributed by atoms with Crippen LogP contribution in [0, 0.1) is 0 Å². The molecular weight excluding hydrogens is 432 g/mol. The Kier molecular flexibility index (Phi) is 5.83. The van der Waals surface area contributed by atoms with Crippen molar-refractivity contribution in [2.45, 2.75) is 0 Å². The number of nitrogens with zero attached hydrogens (tertiary/aromatic N) is 2. The quantitative estimate of drug-likeness (QED) is 0.490. The second-order valence-corrected chi connectivity index (χ2v) is 10.8. The molecule has 4 rings (SSSR count). The first-order chi connectivity index (χ1) is 12.6. The highest BCUT2D eigenvalue weighted by atomic mass is 32.2. The Morgan fingerprint density at radius 1 is 0.538 bits per heavy atom. The predicted molar refractivity (Wildman–Crippen MR) is 133 cm³/mol. The molecule has 0 radical (unpaired) electrons. The first kappa shape index (κ1) is 19.0. The van der Waals surface area contributed by atoms with Crippen LogP contribution in [0.3, 0.4) is 0 Å². The van der Waals surface area contributed by atoms with Crippen LogP contribution in [0.5, 0.6) is 0 Å². The highest BCUT2D eigenvalue weighted by Gasteiger charge is 2.34. The molecule has 0 aliphatic carbocycles. The highest BCUT2D eigenvalue weighted by Crippen LogP contribution is 2.57. The molecule has 0 aromatic heterocycles. The number of para-hydroxylation sites is 2. The van der Waals surface area contributed by atoms with Crippen LogP contribution in [0.15, 0.2) is 90.9 Å². The van der Waals surface area contributed by atoms with E-state index in [-0.39, 0.29) is 0 Å². The Hall–Kier alpha value is -0.320. The molecule has 0 spiro atoms. The van der Waals surface area contributed by atoms with Crippen molar-refractivity contribution in [1.29, 1.82) is 0 Å². The largest absolute Gasteiger partial charge is 0.301 e. The van der Waals surface area contributed by atoms with Gasteiger partial charge >= 0.3 is 0 Å². The summed E-state index contributed by atoms with van der Waals surface area (Å²) in [6.07, 6.45) is 0. The van der Waals surface area contributed by atoms with Crippen molar-refractivity contribution < 1.29 is 0 Å². The fourth-order valence-electron chi connectivity index (χ4n) is 2.79. The van der Waals surface area contributed by atoms with Gasteiger partial charge in [0.15, 0.2) is 0 Å². The number of anilines is 2. The van der Waals surface area contributed by atoms with Gasteiger partial charge in [0.2, 0.25) is 0 Å². The third kappa shape index (κ3) is 3.42. The van der Waals surface area contributed by atoms with Gasteiger partial charge in [-0.05, 0) is 24.3 Å². The van der Waals surface area contributed by atoms with Gasteiger partial charge in [-0.15, -0.1) is 0 Å². The van der Waals surface area contributed by atoms with E-state index < -0.39 is 0 Å². The maximum atomic E-state index is 2.89. The third-order valence-corrected chi connectivity index (χ3v) is 9.67. The minimum Gasteiger partial charge on any atom is -0.301 e. The summed E-state index contributed by atoms with van der Waals surface area (Å²) in [5, 5.41) is 2.44. The van der Waals surface area contributed by atoms with E-state index in [2.05, 4.69) is 107 Å². The molecule has 0 saturated heterocycles. The summed E-state index contributed by atoms with van der Waals surface area (Å²) in [5.74, 6) is 0. The van der Waals surface area contributed by atoms with Crippen LogP contribution in [-0.4, -0.2) is 0 Å². The first-order valence-corrected chi connectivity index (χ1v) is 11.8. The van der Waals surface area contributed by atoms with Crippen molar-refractivity contribution in [3.8, 4) is 0 Å². The highest BCUT2D eigenvalue weighted by molar-refractivity contribution is 8.14. The lowest BCUT2D eigenvalue weighted by molar-refractivity contribution is 1.18. The van der Waals surface area contributed by atoms with Gasteiger partial charge in [0.25, 0.3) is 0 Å². The van der Waals surface area contributed by atoms with Gasteiger partial charge in [0.1, 0.15) is 10.1 Å². The first-order valence-electron chi connectivity index (χ1n) is 7.88. The normalized spacial score (nSPS) is 20.6. The zero-order valence-electron chi connectivity index (χ0n) is 13.8. The van der Waals surface area contributed by atoms with Gasteiger partial charge in [-0.3, -0.25) is 0 Å². The molecule has 132 valence electrons. The summed E-state index contributed by atoms with van der Waals surface area (Å²) in [5.41, 5.74) is 4.68. The molecule has 4 atom stereocenters. The van der Waals surface area contributed by atoms with Crippen molar-refractivity contribution in [2.24, 2.45) is 0 Å². The van der Waals surface area contributed by atoms with Gasteiger partial charge in [-0.25, -0.2) is 0 Å². The van der Waals surface area contributed by atoms with Crippen molar-refractivity contribution in [1.82, 2.24) is 0 Å². The lowest BCUT2D eigenvalue weighted by atomic mass is 10.3. The topological polar surface area (TPSA) is 6.48 Å². The number of thioether (sulfide) groups is 2. The molecule has 0 bridgehead atoms. The van der Waals surface area contributed by atoms with E-state index in [9.17, 15) is 0 Å². The van der Waals surface area contributed by atoms with Crippen molar-refractivity contribution in [3.63, 3.8) is 0 Å². The molecule has 2 heterocycles. The summed E-state index contributed by atoms with van der Waals surface area (Å²) < 4.78 is 2.44. The summed E-state index contributed by atoms with van der Waals surface area (Å²) in [6.45, 7) is 0. The maximum Gasteiger partial charge on any atom is 0.116 e. The Morgan fingerprint density at radius 2 is 0.885 bits per heavy atom. The Balaban J connectivity index is 1.87. The molecule has 0 saturated carbocycles. The average Bonchev–Trinajstić information content (AvgIpc) is 3.13. The minimum atomic E-state index is 1.17. The molecule has 2 aliphatic heterocycles. The van der Waals surface area contributed by atoms with Gasteiger partial charge in [-0.1, -0.05) is 96.9 Å².